The van der Waals surface area contributed by atoms with Crippen LogP contribution in [0.5, 0.6) is 0 Å². The van der Waals surface area contributed by atoms with Crippen LogP contribution in [-0.4, -0.2) is 58.8 Å². The van der Waals surface area contributed by atoms with Crippen LogP contribution in [0.25, 0.3) is 11.4 Å². The van der Waals surface area contributed by atoms with Crippen molar-refractivity contribution in [3.63, 3.8) is 0 Å². The average Bonchev–Trinajstić information content (AvgIpc) is 3.43. The molecule has 26 heavy (non-hydrogen) atoms. The third-order valence-electron chi connectivity index (χ3n) is 4.66. The number of urea groups is 1. The number of pyridine rings is 1. The van der Waals surface area contributed by atoms with Crippen LogP contribution in [0, 0.1) is 0 Å². The number of amides is 2. The molecule has 2 aliphatic rings. The van der Waals surface area contributed by atoms with Crippen LogP contribution in [0.3, 0.4) is 0 Å². The lowest BCUT2D eigenvalue weighted by Crippen LogP contribution is -2.52. The first-order valence-corrected chi connectivity index (χ1v) is 8.93. The largest absolute Gasteiger partial charge is 0.353 e. The number of piperazine rings is 1. The highest BCUT2D eigenvalue weighted by atomic mass is 16.5. The molecule has 0 radical (unpaired) electrons. The van der Waals surface area contributed by atoms with Gasteiger partial charge in [0.1, 0.15) is 5.82 Å². The van der Waals surface area contributed by atoms with Crippen molar-refractivity contribution in [2.45, 2.75) is 18.8 Å². The molecule has 136 valence electrons. The number of hydrogen-bond acceptors (Lipinski definition) is 6. The van der Waals surface area contributed by atoms with Gasteiger partial charge in [0.15, 0.2) is 0 Å². The topological polar surface area (TPSA) is 87.4 Å². The van der Waals surface area contributed by atoms with Crippen molar-refractivity contribution < 1.29 is 9.32 Å². The van der Waals surface area contributed by atoms with Crippen LogP contribution in [0.15, 0.2) is 35.5 Å². The number of aromatic nitrogens is 3. The molecule has 0 spiro atoms. The molecule has 1 saturated heterocycles. The van der Waals surface area contributed by atoms with Crippen molar-refractivity contribution in [2.75, 3.05) is 37.6 Å². The molecule has 2 amide bonds. The van der Waals surface area contributed by atoms with Gasteiger partial charge in [-0.05, 0) is 25.0 Å². The van der Waals surface area contributed by atoms with E-state index in [4.69, 9.17) is 4.52 Å². The fraction of sp³-hybridized carbons (Fsp3) is 0.444. The summed E-state index contributed by atoms with van der Waals surface area (Å²) >= 11 is 0. The van der Waals surface area contributed by atoms with Gasteiger partial charge in [-0.15, -0.1) is 6.58 Å². The molecule has 1 saturated carbocycles. The third kappa shape index (κ3) is 3.54. The van der Waals surface area contributed by atoms with E-state index in [0.717, 1.165) is 43.2 Å². The van der Waals surface area contributed by atoms with Gasteiger partial charge >= 0.3 is 6.03 Å². The number of nitrogens with zero attached hydrogens (tertiary/aromatic N) is 5. The first-order chi connectivity index (χ1) is 12.7. The smallest absolute Gasteiger partial charge is 0.317 e. The van der Waals surface area contributed by atoms with E-state index < -0.39 is 0 Å². The summed E-state index contributed by atoms with van der Waals surface area (Å²) in [6, 6.07) is 3.89. The molecule has 2 aromatic rings. The molecular formula is C18H22N6O2. The van der Waals surface area contributed by atoms with Crippen LogP contribution in [0.4, 0.5) is 10.6 Å². The second-order valence-electron chi connectivity index (χ2n) is 6.58. The molecule has 4 rings (SSSR count). The Balaban J connectivity index is 1.35. The van der Waals surface area contributed by atoms with Crippen LogP contribution in [0.2, 0.25) is 0 Å². The summed E-state index contributed by atoms with van der Waals surface area (Å²) in [4.78, 5) is 24.9. The van der Waals surface area contributed by atoms with Gasteiger partial charge in [0.25, 0.3) is 0 Å². The van der Waals surface area contributed by atoms with Gasteiger partial charge < -0.3 is 19.6 Å². The number of rotatable bonds is 5. The maximum atomic E-state index is 12.0. The number of anilines is 1. The van der Waals surface area contributed by atoms with Crippen molar-refractivity contribution in [2.24, 2.45) is 0 Å². The lowest BCUT2D eigenvalue weighted by molar-refractivity contribution is 0.195. The SMILES string of the molecule is C=CCNC(=O)N1CCN(c2ccc(-c3noc(C4CC4)n3)cn2)CC1. The zero-order valence-corrected chi connectivity index (χ0v) is 14.6. The molecule has 0 atom stereocenters. The zero-order valence-electron chi connectivity index (χ0n) is 14.6. The second-order valence-corrected chi connectivity index (χ2v) is 6.58. The summed E-state index contributed by atoms with van der Waals surface area (Å²) < 4.78 is 5.30. The fourth-order valence-corrected chi connectivity index (χ4v) is 2.96. The minimum absolute atomic E-state index is 0.0450. The summed E-state index contributed by atoms with van der Waals surface area (Å²) in [5.41, 5.74) is 0.854. The minimum atomic E-state index is -0.0450. The number of nitrogens with one attached hydrogen (secondary N) is 1. The molecule has 0 aromatic carbocycles. The number of carbonyl (C=O) groups excluding carboxylic acids is 1. The van der Waals surface area contributed by atoms with E-state index in [2.05, 4.69) is 31.9 Å². The molecular weight excluding hydrogens is 332 g/mol. The zero-order chi connectivity index (χ0) is 17.9. The molecule has 2 aromatic heterocycles. The Morgan fingerprint density at radius 2 is 2.12 bits per heavy atom. The van der Waals surface area contributed by atoms with Crippen molar-refractivity contribution in [3.8, 4) is 11.4 Å². The van der Waals surface area contributed by atoms with Gasteiger partial charge in [0, 0.05) is 50.4 Å². The van der Waals surface area contributed by atoms with E-state index in [-0.39, 0.29) is 6.03 Å². The Morgan fingerprint density at radius 3 is 2.77 bits per heavy atom. The molecule has 2 fully saturated rings. The lowest BCUT2D eigenvalue weighted by atomic mass is 10.2. The predicted molar refractivity (Wildman–Crippen MR) is 96.9 cm³/mol. The van der Waals surface area contributed by atoms with Crippen molar-refractivity contribution >= 4 is 11.8 Å². The van der Waals surface area contributed by atoms with E-state index in [9.17, 15) is 4.79 Å². The Bertz CT molecular complexity index is 775. The average molecular weight is 354 g/mol. The molecule has 3 heterocycles. The third-order valence-corrected chi connectivity index (χ3v) is 4.66. The second kappa shape index (κ2) is 7.15. The molecule has 1 aliphatic carbocycles. The Labute approximate surface area is 151 Å². The quantitative estimate of drug-likeness (QED) is 0.827. The standard InChI is InChI=1S/C18H22N6O2/c1-2-7-19-18(25)24-10-8-23(9-11-24)15-6-5-14(12-20-15)16-21-17(26-22-16)13-3-4-13/h2,5-6,12-13H,1,3-4,7-11H2,(H,19,25). The highest BCUT2D eigenvalue weighted by Gasteiger charge is 2.30. The molecule has 0 bridgehead atoms. The fourth-order valence-electron chi connectivity index (χ4n) is 2.96. The number of carbonyl (C=O) groups is 1. The summed E-state index contributed by atoms with van der Waals surface area (Å²) in [7, 11) is 0. The van der Waals surface area contributed by atoms with E-state index in [1.807, 2.05) is 17.0 Å². The molecule has 8 heteroatoms. The summed E-state index contributed by atoms with van der Waals surface area (Å²) in [6.45, 7) is 6.93. The van der Waals surface area contributed by atoms with E-state index in [1.54, 1.807) is 12.3 Å². The Morgan fingerprint density at radius 1 is 1.31 bits per heavy atom. The molecule has 8 nitrogen and oxygen atoms in total. The van der Waals surface area contributed by atoms with Crippen molar-refractivity contribution in [1.82, 2.24) is 25.3 Å². The minimum Gasteiger partial charge on any atom is -0.353 e. The van der Waals surface area contributed by atoms with E-state index >= 15 is 0 Å². The van der Waals surface area contributed by atoms with Gasteiger partial charge in [-0.25, -0.2) is 9.78 Å². The molecule has 1 N–H and O–H groups in total. The Hall–Kier alpha value is -2.90. The summed E-state index contributed by atoms with van der Waals surface area (Å²) in [5.74, 6) is 2.67. The van der Waals surface area contributed by atoms with Crippen molar-refractivity contribution in [3.05, 3.63) is 36.9 Å². The lowest BCUT2D eigenvalue weighted by Gasteiger charge is -2.35. The van der Waals surface area contributed by atoms with Gasteiger partial charge in [-0.3, -0.25) is 0 Å². The maximum Gasteiger partial charge on any atom is 0.317 e. The summed E-state index contributed by atoms with van der Waals surface area (Å²) in [5, 5.41) is 6.85. The Kier molecular flexibility index (Phi) is 4.55. The molecule has 1 aliphatic heterocycles. The van der Waals surface area contributed by atoms with Gasteiger partial charge in [-0.2, -0.15) is 4.98 Å². The van der Waals surface area contributed by atoms with Gasteiger partial charge in [-0.1, -0.05) is 11.2 Å². The normalized spacial score (nSPS) is 17.2. The monoisotopic (exact) mass is 354 g/mol. The first kappa shape index (κ1) is 16.6. The van der Waals surface area contributed by atoms with Crippen LogP contribution in [0.1, 0.15) is 24.7 Å². The van der Waals surface area contributed by atoms with Crippen LogP contribution in [-0.2, 0) is 0 Å². The molecule has 0 unspecified atom stereocenters. The van der Waals surface area contributed by atoms with Crippen LogP contribution >= 0.6 is 0 Å². The van der Waals surface area contributed by atoms with Crippen LogP contribution < -0.4 is 10.2 Å². The number of hydrogen-bond donors (Lipinski definition) is 1. The van der Waals surface area contributed by atoms with Crippen molar-refractivity contribution in [1.29, 1.82) is 0 Å². The predicted octanol–water partition coefficient (Wildman–Crippen LogP) is 2.03. The first-order valence-electron chi connectivity index (χ1n) is 8.93. The van der Waals surface area contributed by atoms with Gasteiger partial charge in [0.05, 0.1) is 0 Å². The van der Waals surface area contributed by atoms with E-state index in [1.165, 1.54) is 0 Å². The van der Waals surface area contributed by atoms with E-state index in [0.29, 0.717) is 31.4 Å². The maximum absolute atomic E-state index is 12.0. The highest BCUT2D eigenvalue weighted by molar-refractivity contribution is 5.74. The van der Waals surface area contributed by atoms with Gasteiger partial charge in [0.2, 0.25) is 11.7 Å². The summed E-state index contributed by atoms with van der Waals surface area (Å²) in [6.07, 6.45) is 5.73. The highest BCUT2D eigenvalue weighted by Crippen LogP contribution is 2.39.